The summed E-state index contributed by atoms with van der Waals surface area (Å²) in [5.74, 6) is 1.10. The number of carbonyl (C=O) groups is 1. The molecule has 1 aromatic rings. The third-order valence-electron chi connectivity index (χ3n) is 2.90. The lowest BCUT2D eigenvalue weighted by atomic mass is 9.91. The van der Waals surface area contributed by atoms with Crippen LogP contribution in [0, 0.1) is 11.8 Å². The molecule has 16 heavy (non-hydrogen) atoms. The van der Waals surface area contributed by atoms with E-state index < -0.39 is 0 Å². The molecule has 2 heterocycles. The van der Waals surface area contributed by atoms with Crippen LogP contribution in [0.2, 0.25) is 0 Å². The minimum absolute atomic E-state index is 0.183. The van der Waals surface area contributed by atoms with Gasteiger partial charge in [0.15, 0.2) is 5.78 Å². The molecule has 3 nitrogen and oxygen atoms in total. The summed E-state index contributed by atoms with van der Waals surface area (Å²) in [5.41, 5.74) is 0.747. The van der Waals surface area contributed by atoms with Crippen LogP contribution in [0.1, 0.15) is 24.2 Å². The van der Waals surface area contributed by atoms with Gasteiger partial charge in [-0.15, -0.1) is 0 Å². The fraction of sp³-hybridized carbons (Fsp3) is 0.538. The molecule has 0 amide bonds. The average Bonchev–Trinajstić information content (AvgIpc) is 2.23. The molecule has 0 aliphatic carbocycles. The predicted molar refractivity (Wildman–Crippen MR) is 63.3 cm³/mol. The highest BCUT2D eigenvalue weighted by Crippen LogP contribution is 2.20. The summed E-state index contributed by atoms with van der Waals surface area (Å²) < 4.78 is 0. The second kappa shape index (κ2) is 4.74. The number of pyridine rings is 1. The van der Waals surface area contributed by atoms with Crippen LogP contribution >= 0.6 is 0 Å². The monoisotopic (exact) mass is 218 g/mol. The maximum Gasteiger partial charge on any atom is 0.170 e. The molecule has 86 valence electrons. The van der Waals surface area contributed by atoms with Crippen molar-refractivity contribution in [3.05, 3.63) is 30.1 Å². The topological polar surface area (TPSA) is 33.2 Å². The molecule has 1 aromatic heterocycles. The molecule has 0 atom stereocenters. The number of nitrogens with zero attached hydrogens (tertiary/aromatic N) is 2. The molecule has 0 aromatic carbocycles. The van der Waals surface area contributed by atoms with Crippen molar-refractivity contribution in [2.75, 3.05) is 19.6 Å². The molecule has 3 heteroatoms. The number of hydrogen-bond acceptors (Lipinski definition) is 3. The summed E-state index contributed by atoms with van der Waals surface area (Å²) in [4.78, 5) is 18.3. The first-order chi connectivity index (χ1) is 7.66. The molecule has 1 fully saturated rings. The normalized spacial score (nSPS) is 17.4. The molecular weight excluding hydrogens is 200 g/mol. The third kappa shape index (κ3) is 2.47. The lowest BCUT2D eigenvalue weighted by Crippen LogP contribution is -2.51. The van der Waals surface area contributed by atoms with E-state index in [1.807, 2.05) is 12.1 Å². The smallest absolute Gasteiger partial charge is 0.170 e. The number of rotatable bonds is 4. The Bertz CT molecular complexity index is 355. The summed E-state index contributed by atoms with van der Waals surface area (Å²) in [5, 5.41) is 0. The van der Waals surface area contributed by atoms with Gasteiger partial charge >= 0.3 is 0 Å². The number of Topliss-reactive ketones (excluding diaryl/α,β-unsaturated/α-hetero) is 1. The van der Waals surface area contributed by atoms with Crippen LogP contribution < -0.4 is 0 Å². The standard InChI is InChI=1S/C13H18N2O/c1-10(2)7-15-8-12(9-15)13(16)11-4-3-5-14-6-11/h3-6,10,12H,7-9H2,1-2H3. The molecule has 1 saturated heterocycles. The van der Waals surface area contributed by atoms with E-state index in [9.17, 15) is 4.79 Å². The molecule has 0 saturated carbocycles. The lowest BCUT2D eigenvalue weighted by Gasteiger charge is -2.39. The second-order valence-corrected chi connectivity index (χ2v) is 4.92. The SMILES string of the molecule is CC(C)CN1CC(C(=O)c2cccnc2)C1. The Morgan fingerprint density at radius 1 is 1.56 bits per heavy atom. The lowest BCUT2D eigenvalue weighted by molar-refractivity contribution is 0.0581. The first-order valence-electron chi connectivity index (χ1n) is 5.83. The van der Waals surface area contributed by atoms with Crippen LogP contribution in [0.5, 0.6) is 0 Å². The summed E-state index contributed by atoms with van der Waals surface area (Å²) in [7, 11) is 0. The van der Waals surface area contributed by atoms with E-state index in [0.717, 1.165) is 25.2 Å². The first kappa shape index (κ1) is 11.3. The zero-order valence-electron chi connectivity index (χ0n) is 9.89. The minimum Gasteiger partial charge on any atom is -0.302 e. The fourth-order valence-corrected chi connectivity index (χ4v) is 2.15. The van der Waals surface area contributed by atoms with Gasteiger partial charge in [-0.25, -0.2) is 0 Å². The third-order valence-corrected chi connectivity index (χ3v) is 2.90. The molecule has 0 unspecified atom stereocenters. The van der Waals surface area contributed by atoms with E-state index in [2.05, 4.69) is 23.7 Å². The Balaban J connectivity index is 1.86. The Kier molecular flexibility index (Phi) is 3.34. The van der Waals surface area contributed by atoms with Gasteiger partial charge in [-0.05, 0) is 18.1 Å². The maximum absolute atomic E-state index is 12.0. The molecule has 0 bridgehead atoms. The van der Waals surface area contributed by atoms with Gasteiger partial charge < -0.3 is 4.90 Å². The van der Waals surface area contributed by atoms with E-state index >= 15 is 0 Å². The Morgan fingerprint density at radius 2 is 2.31 bits per heavy atom. The number of likely N-dealkylation sites (tertiary alicyclic amines) is 1. The van der Waals surface area contributed by atoms with Gasteiger partial charge in [0.05, 0.1) is 0 Å². The van der Waals surface area contributed by atoms with Crippen LogP contribution in [0.15, 0.2) is 24.5 Å². The number of ketones is 1. The van der Waals surface area contributed by atoms with Gasteiger partial charge in [-0.1, -0.05) is 13.8 Å². The highest BCUT2D eigenvalue weighted by molar-refractivity contribution is 5.98. The summed E-state index contributed by atoms with van der Waals surface area (Å²) in [6.07, 6.45) is 3.36. The van der Waals surface area contributed by atoms with E-state index in [1.165, 1.54) is 0 Å². The minimum atomic E-state index is 0.183. The fourth-order valence-electron chi connectivity index (χ4n) is 2.15. The largest absolute Gasteiger partial charge is 0.302 e. The summed E-state index contributed by atoms with van der Waals surface area (Å²) >= 11 is 0. The van der Waals surface area contributed by atoms with Gasteiger partial charge in [0, 0.05) is 43.5 Å². The highest BCUT2D eigenvalue weighted by Gasteiger charge is 2.32. The summed E-state index contributed by atoms with van der Waals surface area (Å²) in [6.45, 7) is 7.32. The Labute approximate surface area is 96.5 Å². The van der Waals surface area contributed by atoms with Gasteiger partial charge in [-0.3, -0.25) is 9.78 Å². The van der Waals surface area contributed by atoms with E-state index in [0.29, 0.717) is 5.92 Å². The van der Waals surface area contributed by atoms with Crippen molar-refractivity contribution < 1.29 is 4.79 Å². The Hall–Kier alpha value is -1.22. The van der Waals surface area contributed by atoms with Crippen molar-refractivity contribution in [1.29, 1.82) is 0 Å². The maximum atomic E-state index is 12.0. The zero-order valence-corrected chi connectivity index (χ0v) is 9.89. The van der Waals surface area contributed by atoms with Crippen molar-refractivity contribution in [2.45, 2.75) is 13.8 Å². The van der Waals surface area contributed by atoms with Crippen molar-refractivity contribution in [3.8, 4) is 0 Å². The van der Waals surface area contributed by atoms with Crippen molar-refractivity contribution in [1.82, 2.24) is 9.88 Å². The van der Waals surface area contributed by atoms with E-state index in [4.69, 9.17) is 0 Å². The van der Waals surface area contributed by atoms with Crippen LogP contribution in [0.4, 0.5) is 0 Å². The van der Waals surface area contributed by atoms with Crippen LogP contribution in [-0.4, -0.2) is 35.3 Å². The number of aromatic nitrogens is 1. The van der Waals surface area contributed by atoms with Gasteiger partial charge in [-0.2, -0.15) is 0 Å². The van der Waals surface area contributed by atoms with Crippen molar-refractivity contribution in [3.63, 3.8) is 0 Å². The quantitative estimate of drug-likeness (QED) is 0.723. The average molecular weight is 218 g/mol. The van der Waals surface area contributed by atoms with Crippen molar-refractivity contribution in [2.24, 2.45) is 11.8 Å². The summed E-state index contributed by atoms with van der Waals surface area (Å²) in [6, 6.07) is 3.66. The number of carbonyl (C=O) groups excluding carboxylic acids is 1. The second-order valence-electron chi connectivity index (χ2n) is 4.92. The van der Waals surface area contributed by atoms with E-state index in [1.54, 1.807) is 12.4 Å². The van der Waals surface area contributed by atoms with Gasteiger partial charge in [0.2, 0.25) is 0 Å². The van der Waals surface area contributed by atoms with Crippen LogP contribution in [0.25, 0.3) is 0 Å². The predicted octanol–water partition coefficient (Wildman–Crippen LogP) is 1.85. The number of hydrogen-bond donors (Lipinski definition) is 0. The molecule has 1 aliphatic rings. The molecular formula is C13H18N2O. The van der Waals surface area contributed by atoms with Gasteiger partial charge in [0.25, 0.3) is 0 Å². The molecule has 0 radical (unpaired) electrons. The zero-order chi connectivity index (χ0) is 11.5. The molecule has 2 rings (SSSR count). The molecule has 0 N–H and O–H groups in total. The van der Waals surface area contributed by atoms with E-state index in [-0.39, 0.29) is 11.7 Å². The first-order valence-corrected chi connectivity index (χ1v) is 5.83. The van der Waals surface area contributed by atoms with Crippen molar-refractivity contribution >= 4 is 5.78 Å². The molecule has 0 spiro atoms. The van der Waals surface area contributed by atoms with Crippen LogP contribution in [0.3, 0.4) is 0 Å². The Morgan fingerprint density at radius 3 is 2.88 bits per heavy atom. The highest BCUT2D eigenvalue weighted by atomic mass is 16.1. The molecule has 1 aliphatic heterocycles. The van der Waals surface area contributed by atoms with Crippen LogP contribution in [-0.2, 0) is 0 Å². The van der Waals surface area contributed by atoms with Gasteiger partial charge in [0.1, 0.15) is 0 Å².